The van der Waals surface area contributed by atoms with E-state index in [-0.39, 0.29) is 0 Å². The van der Waals surface area contributed by atoms with E-state index in [2.05, 4.69) is 30.2 Å². The van der Waals surface area contributed by atoms with E-state index in [1.165, 1.54) is 25.7 Å². The number of aromatic nitrogens is 3. The van der Waals surface area contributed by atoms with Crippen molar-refractivity contribution in [2.75, 3.05) is 0 Å². The first kappa shape index (κ1) is 14.7. The Labute approximate surface area is 110 Å². The molecule has 0 aliphatic carbocycles. The van der Waals surface area contributed by atoms with Gasteiger partial charge in [0.1, 0.15) is 6.07 Å². The number of nitrogens with zero attached hydrogens (tertiary/aromatic N) is 4. The molecular formula is C14H24N4. The van der Waals surface area contributed by atoms with Gasteiger partial charge >= 0.3 is 0 Å². The minimum atomic E-state index is 0.511. The predicted molar refractivity (Wildman–Crippen MR) is 72.1 cm³/mol. The second kappa shape index (κ2) is 8.68. The van der Waals surface area contributed by atoms with E-state index >= 15 is 0 Å². The zero-order chi connectivity index (χ0) is 13.2. The van der Waals surface area contributed by atoms with Gasteiger partial charge < -0.3 is 0 Å². The van der Waals surface area contributed by atoms with Gasteiger partial charge in [-0.1, -0.05) is 51.2 Å². The average Bonchev–Trinajstić information content (AvgIpc) is 2.78. The highest BCUT2D eigenvalue weighted by Gasteiger charge is 2.11. The van der Waals surface area contributed by atoms with Crippen molar-refractivity contribution in [3.63, 3.8) is 0 Å². The van der Waals surface area contributed by atoms with Crippen LogP contribution in [0.2, 0.25) is 0 Å². The third-order valence-electron chi connectivity index (χ3n) is 3.18. The summed E-state index contributed by atoms with van der Waals surface area (Å²) < 4.78 is 1.93. The van der Waals surface area contributed by atoms with Crippen LogP contribution in [0.4, 0.5) is 0 Å². The van der Waals surface area contributed by atoms with Crippen molar-refractivity contribution in [1.29, 1.82) is 5.26 Å². The molecule has 0 atom stereocenters. The lowest BCUT2D eigenvalue weighted by Crippen LogP contribution is -2.06. The number of rotatable bonds is 9. The maximum atomic E-state index is 9.01. The molecule has 4 heteroatoms. The van der Waals surface area contributed by atoms with E-state index in [1.807, 2.05) is 4.68 Å². The van der Waals surface area contributed by atoms with Gasteiger partial charge in [0.05, 0.1) is 5.69 Å². The summed E-state index contributed by atoms with van der Waals surface area (Å²) in [5.41, 5.74) is 1.53. The van der Waals surface area contributed by atoms with Crippen LogP contribution in [0.15, 0.2) is 0 Å². The number of nitriles is 1. The van der Waals surface area contributed by atoms with Crippen molar-refractivity contribution in [3.05, 3.63) is 11.4 Å². The van der Waals surface area contributed by atoms with Crippen molar-refractivity contribution < 1.29 is 0 Å². The summed E-state index contributed by atoms with van der Waals surface area (Å²) in [5.74, 6) is 0. The number of unbranched alkanes of at least 4 members (excludes halogenated alkanes) is 5. The fraction of sp³-hybridized carbons (Fsp3) is 0.786. The average molecular weight is 248 g/mol. The SMILES string of the molecule is CCCCCCCn1nnc(C#N)c1CCCC. The molecule has 0 saturated heterocycles. The first-order chi connectivity index (χ1) is 8.83. The molecule has 0 aliphatic rings. The summed E-state index contributed by atoms with van der Waals surface area (Å²) in [6.07, 6.45) is 9.38. The van der Waals surface area contributed by atoms with Gasteiger partial charge in [-0.15, -0.1) is 5.10 Å². The first-order valence-corrected chi connectivity index (χ1v) is 7.15. The van der Waals surface area contributed by atoms with Crippen molar-refractivity contribution in [1.82, 2.24) is 15.0 Å². The van der Waals surface area contributed by atoms with Gasteiger partial charge in [0.2, 0.25) is 0 Å². The minimum Gasteiger partial charge on any atom is -0.248 e. The van der Waals surface area contributed by atoms with Crippen LogP contribution in [0.3, 0.4) is 0 Å². The molecule has 0 aliphatic heterocycles. The van der Waals surface area contributed by atoms with Gasteiger partial charge in [0.15, 0.2) is 5.69 Å². The fourth-order valence-corrected chi connectivity index (χ4v) is 2.06. The fourth-order valence-electron chi connectivity index (χ4n) is 2.06. The lowest BCUT2D eigenvalue weighted by molar-refractivity contribution is 0.503. The normalized spacial score (nSPS) is 10.5. The Morgan fingerprint density at radius 2 is 1.78 bits per heavy atom. The lowest BCUT2D eigenvalue weighted by atomic mass is 10.1. The molecule has 100 valence electrons. The molecule has 0 spiro atoms. The number of hydrogen-bond donors (Lipinski definition) is 0. The Hall–Kier alpha value is -1.37. The Balaban J connectivity index is 2.48. The molecule has 0 radical (unpaired) electrons. The second-order valence-corrected chi connectivity index (χ2v) is 4.74. The molecule has 0 N–H and O–H groups in total. The van der Waals surface area contributed by atoms with Gasteiger partial charge in [-0.05, 0) is 19.3 Å². The van der Waals surface area contributed by atoms with Crippen LogP contribution in [0.25, 0.3) is 0 Å². The van der Waals surface area contributed by atoms with Gasteiger partial charge in [-0.2, -0.15) is 5.26 Å². The van der Waals surface area contributed by atoms with Crippen molar-refractivity contribution in [2.45, 2.75) is 71.8 Å². The van der Waals surface area contributed by atoms with E-state index in [0.717, 1.165) is 37.9 Å². The third-order valence-corrected chi connectivity index (χ3v) is 3.18. The highest BCUT2D eigenvalue weighted by atomic mass is 15.4. The van der Waals surface area contributed by atoms with Crippen LogP contribution < -0.4 is 0 Å². The second-order valence-electron chi connectivity index (χ2n) is 4.74. The van der Waals surface area contributed by atoms with E-state index in [0.29, 0.717) is 5.69 Å². The number of aryl methyl sites for hydroxylation is 1. The molecule has 0 saturated carbocycles. The van der Waals surface area contributed by atoms with Crippen LogP contribution in [-0.2, 0) is 13.0 Å². The Morgan fingerprint density at radius 1 is 1.06 bits per heavy atom. The smallest absolute Gasteiger partial charge is 0.185 e. The van der Waals surface area contributed by atoms with E-state index in [9.17, 15) is 0 Å². The molecule has 4 nitrogen and oxygen atoms in total. The van der Waals surface area contributed by atoms with E-state index < -0.39 is 0 Å². The molecule has 1 aromatic heterocycles. The first-order valence-electron chi connectivity index (χ1n) is 7.15. The van der Waals surface area contributed by atoms with Gasteiger partial charge in [-0.25, -0.2) is 4.68 Å². The summed E-state index contributed by atoms with van der Waals surface area (Å²) in [7, 11) is 0. The van der Waals surface area contributed by atoms with Crippen LogP contribution in [-0.4, -0.2) is 15.0 Å². The lowest BCUT2D eigenvalue weighted by Gasteiger charge is -2.05. The summed E-state index contributed by atoms with van der Waals surface area (Å²) in [5, 5.41) is 17.1. The van der Waals surface area contributed by atoms with Crippen molar-refractivity contribution in [2.24, 2.45) is 0 Å². The molecular weight excluding hydrogens is 224 g/mol. The molecule has 0 amide bonds. The van der Waals surface area contributed by atoms with Crippen LogP contribution in [0, 0.1) is 11.3 Å². The number of hydrogen-bond acceptors (Lipinski definition) is 3. The summed E-state index contributed by atoms with van der Waals surface area (Å²) in [6, 6.07) is 2.14. The van der Waals surface area contributed by atoms with Crippen LogP contribution >= 0.6 is 0 Å². The highest BCUT2D eigenvalue weighted by molar-refractivity contribution is 5.24. The summed E-state index contributed by atoms with van der Waals surface area (Å²) >= 11 is 0. The van der Waals surface area contributed by atoms with E-state index in [4.69, 9.17) is 5.26 Å². The highest BCUT2D eigenvalue weighted by Crippen LogP contribution is 2.11. The molecule has 1 aromatic rings. The minimum absolute atomic E-state index is 0.511. The zero-order valence-electron chi connectivity index (χ0n) is 11.7. The van der Waals surface area contributed by atoms with Gasteiger partial charge in [0, 0.05) is 6.54 Å². The third kappa shape index (κ3) is 4.48. The quantitative estimate of drug-likeness (QED) is 0.629. The Kier molecular flexibility index (Phi) is 7.09. The summed E-state index contributed by atoms with van der Waals surface area (Å²) in [6.45, 7) is 5.28. The van der Waals surface area contributed by atoms with Gasteiger partial charge in [-0.3, -0.25) is 0 Å². The molecule has 1 rings (SSSR count). The largest absolute Gasteiger partial charge is 0.248 e. The van der Waals surface area contributed by atoms with Crippen LogP contribution in [0.5, 0.6) is 0 Å². The Morgan fingerprint density at radius 3 is 2.44 bits per heavy atom. The van der Waals surface area contributed by atoms with Crippen LogP contribution in [0.1, 0.15) is 70.2 Å². The maximum Gasteiger partial charge on any atom is 0.185 e. The zero-order valence-corrected chi connectivity index (χ0v) is 11.7. The van der Waals surface area contributed by atoms with E-state index in [1.54, 1.807) is 0 Å². The molecule has 1 heterocycles. The molecule has 0 fully saturated rings. The monoisotopic (exact) mass is 248 g/mol. The van der Waals surface area contributed by atoms with Gasteiger partial charge in [0.25, 0.3) is 0 Å². The topological polar surface area (TPSA) is 54.5 Å². The maximum absolute atomic E-state index is 9.01. The van der Waals surface area contributed by atoms with Crippen molar-refractivity contribution in [3.8, 4) is 6.07 Å². The molecule has 0 bridgehead atoms. The Bertz CT molecular complexity index is 376. The molecule has 0 unspecified atom stereocenters. The van der Waals surface area contributed by atoms with Crippen molar-refractivity contribution >= 4 is 0 Å². The standard InChI is InChI=1S/C14H24N4/c1-3-5-7-8-9-11-18-14(10-6-4-2)13(12-15)16-17-18/h3-11H2,1-2H3. The molecule has 0 aromatic carbocycles. The molecule has 18 heavy (non-hydrogen) atoms. The predicted octanol–water partition coefficient (Wildman–Crippen LogP) is 3.46. The summed E-state index contributed by atoms with van der Waals surface area (Å²) in [4.78, 5) is 0.